The molecule has 0 amide bonds. The van der Waals surface area contributed by atoms with Crippen molar-refractivity contribution in [2.75, 3.05) is 0 Å². The van der Waals surface area contributed by atoms with E-state index in [9.17, 15) is 9.59 Å². The van der Waals surface area contributed by atoms with Crippen LogP contribution in [0.5, 0.6) is 0 Å². The summed E-state index contributed by atoms with van der Waals surface area (Å²) in [7, 11) is 0. The Balaban J connectivity index is 2.34. The molecule has 108 valence electrons. The average Bonchev–Trinajstić information content (AvgIpc) is 2.84. The van der Waals surface area contributed by atoms with Crippen LogP contribution in [0.1, 0.15) is 23.2 Å². The molecule has 2 N–H and O–H groups in total. The number of nitrogens with one attached hydrogen (secondary N) is 1. The predicted octanol–water partition coefficient (Wildman–Crippen LogP) is 2.41. The van der Waals surface area contributed by atoms with Gasteiger partial charge in [0.05, 0.1) is 17.5 Å². The van der Waals surface area contributed by atoms with E-state index in [1.165, 1.54) is 0 Å². The summed E-state index contributed by atoms with van der Waals surface area (Å²) in [6.07, 6.45) is 0.445. The van der Waals surface area contributed by atoms with E-state index in [-0.39, 0.29) is 12.0 Å². The number of fused-ring (bicyclic) bond motifs is 3. The molecule has 0 bridgehead atoms. The molecule has 2 aromatic heterocycles. The molecule has 0 saturated heterocycles. The number of H-pyrrole nitrogens is 1. The van der Waals surface area contributed by atoms with E-state index < -0.39 is 5.97 Å². The van der Waals surface area contributed by atoms with E-state index >= 15 is 0 Å². The molecule has 0 unspecified atom stereocenters. The third-order valence-electron chi connectivity index (χ3n) is 3.89. The average molecular weight is 284 g/mol. The Kier molecular flexibility index (Phi) is 3.05. The number of carbonyl (C=O) groups is 1. The fourth-order valence-electron chi connectivity index (χ4n) is 2.64. The molecule has 0 spiro atoms. The zero-order valence-corrected chi connectivity index (χ0v) is 11.9. The summed E-state index contributed by atoms with van der Waals surface area (Å²) < 4.78 is 1.86. The number of rotatable bonds is 3. The van der Waals surface area contributed by atoms with Gasteiger partial charge in [-0.05, 0) is 55.7 Å². The van der Waals surface area contributed by atoms with Gasteiger partial charge in [-0.2, -0.15) is 0 Å². The highest BCUT2D eigenvalue weighted by atomic mass is 16.4. The van der Waals surface area contributed by atoms with Crippen LogP contribution in [0.4, 0.5) is 0 Å². The molecule has 5 nitrogen and oxygen atoms in total. The van der Waals surface area contributed by atoms with Crippen LogP contribution < -0.4 is 5.56 Å². The van der Waals surface area contributed by atoms with Gasteiger partial charge in [0.25, 0.3) is 5.56 Å². The first-order valence-electron chi connectivity index (χ1n) is 6.83. The topological polar surface area (TPSA) is 74.6 Å². The third kappa shape index (κ3) is 2.20. The van der Waals surface area contributed by atoms with Crippen molar-refractivity contribution in [1.29, 1.82) is 0 Å². The predicted molar refractivity (Wildman–Crippen MR) is 81.0 cm³/mol. The second kappa shape index (κ2) is 4.77. The summed E-state index contributed by atoms with van der Waals surface area (Å²) in [5.41, 5.74) is 5.14. The molecule has 0 fully saturated rings. The Bertz CT molecular complexity index is 919. The normalized spacial score (nSPS) is 11.3. The molecule has 21 heavy (non-hydrogen) atoms. The van der Waals surface area contributed by atoms with Gasteiger partial charge in [-0.15, -0.1) is 0 Å². The lowest BCUT2D eigenvalue weighted by molar-refractivity contribution is -0.136. The number of hydrogen-bond acceptors (Lipinski definition) is 2. The second-order valence-electron chi connectivity index (χ2n) is 5.35. The zero-order valence-electron chi connectivity index (χ0n) is 11.9. The van der Waals surface area contributed by atoms with E-state index in [2.05, 4.69) is 4.98 Å². The minimum absolute atomic E-state index is 0.0469. The maximum Gasteiger partial charge on any atom is 0.303 e. The molecule has 3 aromatic rings. The molecular weight excluding hydrogens is 268 g/mol. The van der Waals surface area contributed by atoms with Crippen LogP contribution in [0.25, 0.3) is 16.6 Å². The maximum atomic E-state index is 12.1. The summed E-state index contributed by atoms with van der Waals surface area (Å²) >= 11 is 0. The van der Waals surface area contributed by atoms with Crippen molar-refractivity contribution >= 4 is 22.5 Å². The van der Waals surface area contributed by atoms with Crippen LogP contribution in [-0.4, -0.2) is 20.5 Å². The molecule has 1 aromatic carbocycles. The lowest BCUT2D eigenvalue weighted by Gasteiger charge is -2.09. The highest BCUT2D eigenvalue weighted by Crippen LogP contribution is 2.20. The van der Waals surface area contributed by atoms with E-state index in [1.54, 1.807) is 6.07 Å². The Labute approximate surface area is 120 Å². The second-order valence-corrected chi connectivity index (χ2v) is 5.35. The van der Waals surface area contributed by atoms with Crippen LogP contribution in [0.2, 0.25) is 0 Å². The summed E-state index contributed by atoms with van der Waals surface area (Å²) in [6.45, 7) is 4.02. The van der Waals surface area contributed by atoms with Crippen LogP contribution >= 0.6 is 0 Å². The summed E-state index contributed by atoms with van der Waals surface area (Å²) in [6, 6.07) is 7.54. The lowest BCUT2D eigenvalue weighted by atomic mass is 10.1. The minimum Gasteiger partial charge on any atom is -0.481 e. The Morgan fingerprint density at radius 1 is 1.19 bits per heavy atom. The van der Waals surface area contributed by atoms with Gasteiger partial charge in [0, 0.05) is 5.69 Å². The molecule has 2 heterocycles. The first-order chi connectivity index (χ1) is 9.97. The number of aryl methyl sites for hydroxylation is 3. The number of nitrogens with zero attached hydrogens (tertiary/aromatic N) is 1. The molecule has 0 saturated carbocycles. The van der Waals surface area contributed by atoms with Crippen molar-refractivity contribution in [3.8, 4) is 0 Å². The van der Waals surface area contributed by atoms with Crippen LogP contribution in [-0.2, 0) is 11.2 Å². The van der Waals surface area contributed by atoms with Crippen LogP contribution in [0.15, 0.2) is 29.1 Å². The van der Waals surface area contributed by atoms with Gasteiger partial charge in [0.15, 0.2) is 0 Å². The first-order valence-corrected chi connectivity index (χ1v) is 6.83. The van der Waals surface area contributed by atoms with E-state index in [0.29, 0.717) is 11.9 Å². The van der Waals surface area contributed by atoms with Crippen LogP contribution in [0.3, 0.4) is 0 Å². The number of carboxylic acids is 1. The van der Waals surface area contributed by atoms with Crippen LogP contribution in [0, 0.1) is 13.8 Å². The monoisotopic (exact) mass is 284 g/mol. The van der Waals surface area contributed by atoms with Gasteiger partial charge in [0.2, 0.25) is 0 Å². The molecule has 0 aliphatic rings. The van der Waals surface area contributed by atoms with Crippen molar-refractivity contribution in [3.05, 3.63) is 51.4 Å². The number of aromatic nitrogens is 2. The Morgan fingerprint density at radius 3 is 2.62 bits per heavy atom. The van der Waals surface area contributed by atoms with Crippen molar-refractivity contribution in [2.45, 2.75) is 26.7 Å². The molecular formula is C16H16N2O3. The smallest absolute Gasteiger partial charge is 0.303 e. The Hall–Kier alpha value is -2.56. The highest BCUT2D eigenvalue weighted by Gasteiger charge is 2.11. The number of aliphatic carboxylic acids is 1. The molecule has 0 radical (unpaired) electrons. The molecule has 0 aliphatic carbocycles. The Morgan fingerprint density at radius 2 is 1.90 bits per heavy atom. The van der Waals surface area contributed by atoms with Gasteiger partial charge < -0.3 is 14.5 Å². The summed E-state index contributed by atoms with van der Waals surface area (Å²) in [5.74, 6) is -0.842. The van der Waals surface area contributed by atoms with Gasteiger partial charge in [-0.1, -0.05) is 0 Å². The summed E-state index contributed by atoms with van der Waals surface area (Å²) in [4.78, 5) is 25.8. The lowest BCUT2D eigenvalue weighted by Crippen LogP contribution is -2.12. The number of benzene rings is 1. The van der Waals surface area contributed by atoms with E-state index in [0.717, 1.165) is 27.9 Å². The molecule has 0 atom stereocenters. The molecule has 0 aliphatic heterocycles. The van der Waals surface area contributed by atoms with Crippen molar-refractivity contribution in [3.63, 3.8) is 0 Å². The van der Waals surface area contributed by atoms with Gasteiger partial charge in [-0.3, -0.25) is 9.59 Å². The van der Waals surface area contributed by atoms with Gasteiger partial charge in [-0.25, -0.2) is 0 Å². The number of carboxylic acid groups (broad SMARTS) is 1. The SMILES string of the molecule is Cc1cc2[nH]c(=O)c3ccc(CCC(=O)O)n3c2cc1C. The largest absolute Gasteiger partial charge is 0.481 e. The summed E-state index contributed by atoms with van der Waals surface area (Å²) in [5, 5.41) is 8.86. The fourth-order valence-corrected chi connectivity index (χ4v) is 2.64. The molecule has 5 heteroatoms. The van der Waals surface area contributed by atoms with Crippen molar-refractivity contribution in [1.82, 2.24) is 9.38 Å². The van der Waals surface area contributed by atoms with E-state index in [4.69, 9.17) is 5.11 Å². The first kappa shape index (κ1) is 13.4. The van der Waals surface area contributed by atoms with E-state index in [1.807, 2.05) is 36.4 Å². The zero-order chi connectivity index (χ0) is 15.1. The number of aromatic amines is 1. The van der Waals surface area contributed by atoms with Crippen molar-refractivity contribution in [2.24, 2.45) is 0 Å². The highest BCUT2D eigenvalue weighted by molar-refractivity contribution is 5.80. The minimum atomic E-state index is -0.842. The fraction of sp³-hybridized carbons (Fsp3) is 0.250. The van der Waals surface area contributed by atoms with Crippen molar-refractivity contribution < 1.29 is 9.90 Å². The third-order valence-corrected chi connectivity index (χ3v) is 3.89. The van der Waals surface area contributed by atoms with Gasteiger partial charge >= 0.3 is 5.97 Å². The maximum absolute atomic E-state index is 12.1. The van der Waals surface area contributed by atoms with Gasteiger partial charge in [0.1, 0.15) is 5.52 Å². The standard InChI is InChI=1S/C16H16N2O3/c1-9-7-12-14(8-10(9)2)18-11(4-6-15(19)20)3-5-13(18)16(21)17-12/h3,5,7-8H,4,6H2,1-2H3,(H,17,21)(H,19,20). The number of hydrogen-bond donors (Lipinski definition) is 2. The molecule has 3 rings (SSSR count). The quantitative estimate of drug-likeness (QED) is 0.775.